The van der Waals surface area contributed by atoms with Gasteiger partial charge in [-0.05, 0) is 48.3 Å². The number of ether oxygens (including phenoxy) is 1. The normalized spacial score (nSPS) is 16.7. The number of morpholine rings is 1. The molecule has 1 amide bonds. The molecule has 2 unspecified atom stereocenters. The average Bonchev–Trinajstić information content (AvgIpc) is 3.45. The smallest absolute Gasteiger partial charge is 0.243 e. The molecule has 2 aromatic heterocycles. The maximum atomic E-state index is 13.4. The van der Waals surface area contributed by atoms with Gasteiger partial charge in [-0.1, -0.05) is 18.2 Å². The van der Waals surface area contributed by atoms with Crippen LogP contribution < -0.4 is 5.32 Å². The number of rotatable bonds is 7. The highest BCUT2D eigenvalue weighted by Crippen LogP contribution is 2.26. The Morgan fingerprint density at radius 3 is 2.74 bits per heavy atom. The summed E-state index contributed by atoms with van der Waals surface area (Å²) in [7, 11) is 0. The Bertz CT molecular complexity index is 1060. The molecule has 4 rings (SSSR count). The van der Waals surface area contributed by atoms with Crippen LogP contribution in [-0.2, 0) is 9.53 Å². The largest absolute Gasteiger partial charge is 0.379 e. The van der Waals surface area contributed by atoms with E-state index in [9.17, 15) is 9.18 Å². The van der Waals surface area contributed by atoms with E-state index in [1.807, 2.05) is 17.5 Å². The van der Waals surface area contributed by atoms with Crippen molar-refractivity contribution in [3.8, 4) is 10.7 Å². The van der Waals surface area contributed by atoms with E-state index in [2.05, 4.69) is 20.4 Å². The molecular formula is C21H24FN5O2S2. The number of H-pyrrole nitrogens is 1. The predicted octanol–water partition coefficient (Wildman–Crippen LogP) is 3.56. The Morgan fingerprint density at radius 2 is 2.06 bits per heavy atom. The van der Waals surface area contributed by atoms with E-state index >= 15 is 0 Å². The number of benzene rings is 1. The second-order valence-electron chi connectivity index (χ2n) is 7.34. The van der Waals surface area contributed by atoms with Crippen molar-refractivity contribution in [2.45, 2.75) is 19.0 Å². The fourth-order valence-electron chi connectivity index (χ4n) is 3.74. The zero-order valence-corrected chi connectivity index (χ0v) is 18.7. The zero-order valence-electron chi connectivity index (χ0n) is 17.1. The number of carbonyl (C=O) groups excluding carboxylic acids is 1. The van der Waals surface area contributed by atoms with Gasteiger partial charge in [0.2, 0.25) is 5.91 Å². The minimum Gasteiger partial charge on any atom is -0.379 e. The first kappa shape index (κ1) is 21.8. The van der Waals surface area contributed by atoms with E-state index in [0.29, 0.717) is 30.4 Å². The van der Waals surface area contributed by atoms with Crippen molar-refractivity contribution < 1.29 is 13.9 Å². The first-order chi connectivity index (χ1) is 15.0. The Morgan fingerprint density at radius 1 is 1.32 bits per heavy atom. The van der Waals surface area contributed by atoms with Gasteiger partial charge in [-0.15, -0.1) is 11.3 Å². The van der Waals surface area contributed by atoms with E-state index in [0.717, 1.165) is 23.5 Å². The Balaban J connectivity index is 1.51. The van der Waals surface area contributed by atoms with Crippen LogP contribution in [0.25, 0.3) is 10.7 Å². The molecule has 10 heteroatoms. The molecule has 0 spiro atoms. The maximum Gasteiger partial charge on any atom is 0.243 e. The first-order valence-corrected chi connectivity index (χ1v) is 11.4. The Kier molecular flexibility index (Phi) is 6.91. The summed E-state index contributed by atoms with van der Waals surface area (Å²) in [5.41, 5.74) is 0.954. The van der Waals surface area contributed by atoms with Gasteiger partial charge in [0.25, 0.3) is 0 Å². The highest BCUT2D eigenvalue weighted by molar-refractivity contribution is 7.71. The molecule has 3 heterocycles. The van der Waals surface area contributed by atoms with Gasteiger partial charge in [-0.3, -0.25) is 19.4 Å². The van der Waals surface area contributed by atoms with E-state index in [1.54, 1.807) is 23.6 Å². The van der Waals surface area contributed by atoms with Crippen LogP contribution in [-0.4, -0.2) is 58.4 Å². The number of aromatic nitrogens is 3. The number of hydrogen-bond acceptors (Lipinski definition) is 6. The molecule has 1 saturated heterocycles. The number of nitrogens with zero attached hydrogens (tertiary/aromatic N) is 3. The summed E-state index contributed by atoms with van der Waals surface area (Å²) < 4.78 is 21.0. The van der Waals surface area contributed by atoms with Crippen LogP contribution in [0.5, 0.6) is 0 Å². The van der Waals surface area contributed by atoms with E-state index < -0.39 is 6.04 Å². The van der Waals surface area contributed by atoms with Crippen molar-refractivity contribution in [1.82, 2.24) is 25.0 Å². The summed E-state index contributed by atoms with van der Waals surface area (Å²) in [6.45, 7) is 4.98. The first-order valence-electron chi connectivity index (χ1n) is 10.1. The molecule has 0 aliphatic carbocycles. The molecule has 2 atom stereocenters. The molecule has 0 radical (unpaired) electrons. The molecule has 0 saturated carbocycles. The molecule has 1 aliphatic heterocycles. The van der Waals surface area contributed by atoms with Crippen molar-refractivity contribution in [3.05, 3.63) is 57.9 Å². The van der Waals surface area contributed by atoms with Crippen LogP contribution >= 0.6 is 23.6 Å². The summed E-state index contributed by atoms with van der Waals surface area (Å²) in [5, 5.41) is 12.1. The molecule has 1 aromatic carbocycles. The van der Waals surface area contributed by atoms with Crippen molar-refractivity contribution in [2.75, 3.05) is 32.8 Å². The van der Waals surface area contributed by atoms with Crippen molar-refractivity contribution >= 4 is 29.5 Å². The molecular weight excluding hydrogens is 437 g/mol. The monoisotopic (exact) mass is 461 g/mol. The fraction of sp³-hybridized carbons (Fsp3) is 0.381. The number of halogens is 1. The average molecular weight is 462 g/mol. The van der Waals surface area contributed by atoms with Gasteiger partial charge in [-0.2, -0.15) is 5.10 Å². The number of thiophene rings is 1. The lowest BCUT2D eigenvalue weighted by Gasteiger charge is -2.35. The van der Waals surface area contributed by atoms with E-state index in [1.165, 1.54) is 23.5 Å². The van der Waals surface area contributed by atoms with Crippen molar-refractivity contribution in [2.24, 2.45) is 0 Å². The summed E-state index contributed by atoms with van der Waals surface area (Å²) in [5.74, 6) is 0.208. The van der Waals surface area contributed by atoms with Gasteiger partial charge in [0.15, 0.2) is 10.6 Å². The van der Waals surface area contributed by atoms with Gasteiger partial charge in [-0.25, -0.2) is 4.39 Å². The molecule has 0 bridgehead atoms. The molecule has 3 aromatic rings. The number of aromatic amines is 1. The van der Waals surface area contributed by atoms with Crippen molar-refractivity contribution in [3.63, 3.8) is 0 Å². The van der Waals surface area contributed by atoms with Crippen LogP contribution in [0.15, 0.2) is 41.8 Å². The third-order valence-corrected chi connectivity index (χ3v) is 6.58. The Labute approximate surface area is 188 Å². The SMILES string of the molecule is CC(C(=O)NCC(c1ccc(F)cc1)N1CCOCC1)n1c(-c2cccs2)n[nH]c1=S. The molecule has 2 N–H and O–H groups in total. The topological polar surface area (TPSA) is 75.2 Å². The van der Waals surface area contributed by atoms with Gasteiger partial charge in [0.1, 0.15) is 11.9 Å². The second kappa shape index (κ2) is 9.82. The van der Waals surface area contributed by atoms with Crippen molar-refractivity contribution in [1.29, 1.82) is 0 Å². The number of amides is 1. The zero-order chi connectivity index (χ0) is 21.8. The molecule has 1 fully saturated rings. The summed E-state index contributed by atoms with van der Waals surface area (Å²) >= 11 is 6.92. The van der Waals surface area contributed by atoms with E-state index in [4.69, 9.17) is 17.0 Å². The van der Waals surface area contributed by atoms with Gasteiger partial charge in [0, 0.05) is 19.6 Å². The summed E-state index contributed by atoms with van der Waals surface area (Å²) in [6, 6.07) is 9.70. The van der Waals surface area contributed by atoms with Gasteiger partial charge >= 0.3 is 0 Å². The lowest BCUT2D eigenvalue weighted by atomic mass is 10.0. The lowest BCUT2D eigenvalue weighted by molar-refractivity contribution is -0.124. The number of nitrogens with one attached hydrogen (secondary N) is 2. The minimum atomic E-state index is -0.540. The highest BCUT2D eigenvalue weighted by Gasteiger charge is 2.26. The lowest BCUT2D eigenvalue weighted by Crippen LogP contribution is -2.44. The molecule has 7 nitrogen and oxygen atoms in total. The third-order valence-electron chi connectivity index (χ3n) is 5.42. The summed E-state index contributed by atoms with van der Waals surface area (Å²) in [4.78, 5) is 16.3. The summed E-state index contributed by atoms with van der Waals surface area (Å²) in [6.07, 6.45) is 0. The van der Waals surface area contributed by atoms with Gasteiger partial charge in [0.05, 0.1) is 24.1 Å². The Hall–Kier alpha value is -2.40. The van der Waals surface area contributed by atoms with Crippen LogP contribution in [0.2, 0.25) is 0 Å². The minimum absolute atomic E-state index is 0.0743. The number of hydrogen-bond donors (Lipinski definition) is 2. The van der Waals surface area contributed by atoms with Crippen LogP contribution in [0.1, 0.15) is 24.6 Å². The highest BCUT2D eigenvalue weighted by atomic mass is 32.1. The third kappa shape index (κ3) is 4.93. The van der Waals surface area contributed by atoms with Crippen LogP contribution in [0.4, 0.5) is 4.39 Å². The van der Waals surface area contributed by atoms with Crippen LogP contribution in [0.3, 0.4) is 0 Å². The molecule has 1 aliphatic rings. The number of carbonyl (C=O) groups is 1. The predicted molar refractivity (Wildman–Crippen MR) is 120 cm³/mol. The van der Waals surface area contributed by atoms with Crippen LogP contribution in [0, 0.1) is 10.6 Å². The molecule has 31 heavy (non-hydrogen) atoms. The van der Waals surface area contributed by atoms with Gasteiger partial charge < -0.3 is 10.1 Å². The maximum absolute atomic E-state index is 13.4. The standard InChI is InChI=1S/C21H24FN5O2S2/c1-14(27-19(24-25-21(27)30)18-3-2-12-31-18)20(28)23-13-17(26-8-10-29-11-9-26)15-4-6-16(22)7-5-15/h2-7,12,14,17H,8-11,13H2,1H3,(H,23,28)(H,25,30). The molecule has 164 valence electrons. The fourth-order valence-corrected chi connectivity index (χ4v) is 4.74. The second-order valence-corrected chi connectivity index (χ2v) is 8.67. The van der Waals surface area contributed by atoms with E-state index in [-0.39, 0.29) is 17.8 Å². The quantitative estimate of drug-likeness (QED) is 0.527.